The van der Waals surface area contributed by atoms with Crippen molar-refractivity contribution in [1.29, 1.82) is 0 Å². The van der Waals surface area contributed by atoms with Crippen molar-refractivity contribution in [2.24, 2.45) is 0 Å². The number of carbonyl (C=O) groups is 1. The molecule has 1 aromatic carbocycles. The number of halogens is 1. The van der Waals surface area contributed by atoms with Crippen LogP contribution in [0.2, 0.25) is 5.02 Å². The summed E-state index contributed by atoms with van der Waals surface area (Å²) in [6.45, 7) is 2.86. The minimum absolute atomic E-state index is 0.0254. The summed E-state index contributed by atoms with van der Waals surface area (Å²) in [5.74, 6) is 0.0254. The molecule has 2 N–H and O–H groups in total. The van der Waals surface area contributed by atoms with Gasteiger partial charge in [0.1, 0.15) is 0 Å². The highest BCUT2D eigenvalue weighted by Crippen LogP contribution is 2.20. The summed E-state index contributed by atoms with van der Waals surface area (Å²) < 4.78 is 0. The van der Waals surface area contributed by atoms with Crippen LogP contribution in [0.5, 0.6) is 0 Å². The first-order chi connectivity index (χ1) is 7.66. The van der Waals surface area contributed by atoms with Crippen LogP contribution in [-0.2, 0) is 4.79 Å². The molecule has 1 atom stereocenters. The van der Waals surface area contributed by atoms with E-state index in [0.29, 0.717) is 5.02 Å². The van der Waals surface area contributed by atoms with Crippen LogP contribution >= 0.6 is 11.6 Å². The van der Waals surface area contributed by atoms with Crippen molar-refractivity contribution in [3.05, 3.63) is 28.8 Å². The Kier molecular flexibility index (Phi) is 3.46. The van der Waals surface area contributed by atoms with Crippen molar-refractivity contribution >= 4 is 23.2 Å². The molecule has 1 aromatic rings. The molecule has 1 heterocycles. The van der Waals surface area contributed by atoms with Crippen LogP contribution in [0.3, 0.4) is 0 Å². The number of benzene rings is 1. The van der Waals surface area contributed by atoms with E-state index in [-0.39, 0.29) is 11.9 Å². The Morgan fingerprint density at radius 3 is 3.00 bits per heavy atom. The molecule has 1 fully saturated rings. The quantitative estimate of drug-likeness (QED) is 0.831. The van der Waals surface area contributed by atoms with Crippen molar-refractivity contribution in [2.75, 3.05) is 11.9 Å². The first-order valence-electron chi connectivity index (χ1n) is 5.47. The summed E-state index contributed by atoms with van der Waals surface area (Å²) in [6, 6.07) is 5.50. The lowest BCUT2D eigenvalue weighted by molar-refractivity contribution is -0.117. The third-order valence-electron chi connectivity index (χ3n) is 2.82. The third-order valence-corrected chi connectivity index (χ3v) is 3.22. The average Bonchev–Trinajstić information content (AvgIpc) is 2.77. The largest absolute Gasteiger partial charge is 0.325 e. The molecule has 1 saturated heterocycles. The van der Waals surface area contributed by atoms with Gasteiger partial charge in [-0.05, 0) is 44.0 Å². The molecule has 1 aliphatic rings. The van der Waals surface area contributed by atoms with Gasteiger partial charge in [-0.1, -0.05) is 17.7 Å². The number of hydrogen-bond donors (Lipinski definition) is 2. The highest BCUT2D eigenvalue weighted by atomic mass is 35.5. The summed E-state index contributed by atoms with van der Waals surface area (Å²) in [5.41, 5.74) is 1.77. The van der Waals surface area contributed by atoms with E-state index in [4.69, 9.17) is 11.6 Å². The van der Waals surface area contributed by atoms with E-state index in [1.807, 2.05) is 19.1 Å². The molecular formula is C12H15ClN2O. The molecule has 2 rings (SSSR count). The molecule has 0 aromatic heterocycles. The SMILES string of the molecule is Cc1ccc(NC(=O)[C@@H]2CCCN2)cc1Cl. The van der Waals surface area contributed by atoms with E-state index in [1.165, 1.54) is 0 Å². The van der Waals surface area contributed by atoms with Crippen LogP contribution in [0.15, 0.2) is 18.2 Å². The molecule has 0 bridgehead atoms. The van der Waals surface area contributed by atoms with E-state index in [1.54, 1.807) is 6.07 Å². The van der Waals surface area contributed by atoms with Gasteiger partial charge in [-0.3, -0.25) is 4.79 Å². The van der Waals surface area contributed by atoms with Gasteiger partial charge in [-0.15, -0.1) is 0 Å². The van der Waals surface area contributed by atoms with Crippen LogP contribution in [0.4, 0.5) is 5.69 Å². The van der Waals surface area contributed by atoms with Crippen LogP contribution < -0.4 is 10.6 Å². The van der Waals surface area contributed by atoms with Gasteiger partial charge in [0, 0.05) is 10.7 Å². The monoisotopic (exact) mass is 238 g/mol. The van der Waals surface area contributed by atoms with Gasteiger partial charge in [-0.2, -0.15) is 0 Å². The number of carbonyl (C=O) groups excluding carboxylic acids is 1. The van der Waals surface area contributed by atoms with Crippen LogP contribution in [0.25, 0.3) is 0 Å². The van der Waals surface area contributed by atoms with Gasteiger partial charge >= 0.3 is 0 Å². The zero-order valence-corrected chi connectivity index (χ0v) is 9.97. The number of nitrogens with one attached hydrogen (secondary N) is 2. The summed E-state index contributed by atoms with van der Waals surface area (Å²) >= 11 is 5.99. The lowest BCUT2D eigenvalue weighted by Crippen LogP contribution is -2.35. The second kappa shape index (κ2) is 4.85. The minimum atomic E-state index is -0.0555. The number of anilines is 1. The van der Waals surface area contributed by atoms with Crippen LogP contribution in [-0.4, -0.2) is 18.5 Å². The molecule has 0 radical (unpaired) electrons. The zero-order chi connectivity index (χ0) is 11.5. The third kappa shape index (κ3) is 2.54. The smallest absolute Gasteiger partial charge is 0.241 e. The average molecular weight is 239 g/mol. The summed E-state index contributed by atoms with van der Waals surface area (Å²) in [5, 5.41) is 6.70. The summed E-state index contributed by atoms with van der Waals surface area (Å²) in [4.78, 5) is 11.8. The standard InChI is InChI=1S/C12H15ClN2O/c1-8-4-5-9(7-10(8)13)15-12(16)11-3-2-6-14-11/h4-5,7,11,14H,2-3,6H2,1H3,(H,15,16)/t11-/m0/s1. The molecule has 0 aliphatic carbocycles. The first-order valence-corrected chi connectivity index (χ1v) is 5.85. The molecule has 16 heavy (non-hydrogen) atoms. The highest BCUT2D eigenvalue weighted by Gasteiger charge is 2.21. The Morgan fingerprint density at radius 1 is 1.56 bits per heavy atom. The van der Waals surface area contributed by atoms with E-state index in [0.717, 1.165) is 30.6 Å². The second-order valence-corrected chi connectivity index (χ2v) is 4.51. The molecule has 1 aliphatic heterocycles. The van der Waals surface area contributed by atoms with Crippen molar-refractivity contribution < 1.29 is 4.79 Å². The maximum Gasteiger partial charge on any atom is 0.241 e. The van der Waals surface area contributed by atoms with Gasteiger partial charge < -0.3 is 10.6 Å². The summed E-state index contributed by atoms with van der Waals surface area (Å²) in [6.07, 6.45) is 1.97. The highest BCUT2D eigenvalue weighted by molar-refractivity contribution is 6.31. The number of hydrogen-bond acceptors (Lipinski definition) is 2. The molecule has 86 valence electrons. The lowest BCUT2D eigenvalue weighted by atomic mass is 10.2. The molecular weight excluding hydrogens is 224 g/mol. The lowest BCUT2D eigenvalue weighted by Gasteiger charge is -2.11. The fourth-order valence-corrected chi connectivity index (χ4v) is 1.99. The fraction of sp³-hybridized carbons (Fsp3) is 0.417. The van der Waals surface area contributed by atoms with Crippen molar-refractivity contribution in [2.45, 2.75) is 25.8 Å². The fourth-order valence-electron chi connectivity index (χ4n) is 1.81. The van der Waals surface area contributed by atoms with E-state index in [2.05, 4.69) is 10.6 Å². The predicted octanol–water partition coefficient (Wildman–Crippen LogP) is 2.34. The Balaban J connectivity index is 2.02. The van der Waals surface area contributed by atoms with Crippen LogP contribution in [0.1, 0.15) is 18.4 Å². The number of amides is 1. The predicted molar refractivity (Wildman–Crippen MR) is 65.8 cm³/mol. The molecule has 0 spiro atoms. The molecule has 1 amide bonds. The molecule has 0 unspecified atom stereocenters. The molecule has 3 nitrogen and oxygen atoms in total. The molecule has 4 heteroatoms. The first kappa shape index (κ1) is 11.4. The van der Waals surface area contributed by atoms with Crippen molar-refractivity contribution in [1.82, 2.24) is 5.32 Å². The number of aryl methyl sites for hydroxylation is 1. The van der Waals surface area contributed by atoms with E-state index in [9.17, 15) is 4.79 Å². The van der Waals surface area contributed by atoms with Gasteiger partial charge in [0.2, 0.25) is 5.91 Å². The summed E-state index contributed by atoms with van der Waals surface area (Å²) in [7, 11) is 0. The van der Waals surface area contributed by atoms with Crippen molar-refractivity contribution in [3.63, 3.8) is 0 Å². The number of rotatable bonds is 2. The van der Waals surface area contributed by atoms with Gasteiger partial charge in [0.15, 0.2) is 0 Å². The maximum atomic E-state index is 11.8. The van der Waals surface area contributed by atoms with Gasteiger partial charge in [-0.25, -0.2) is 0 Å². The maximum absolute atomic E-state index is 11.8. The van der Waals surface area contributed by atoms with E-state index < -0.39 is 0 Å². The zero-order valence-electron chi connectivity index (χ0n) is 9.22. The van der Waals surface area contributed by atoms with E-state index >= 15 is 0 Å². The Bertz CT molecular complexity index is 400. The Labute approximate surface area is 100 Å². The van der Waals surface area contributed by atoms with Gasteiger partial charge in [0.05, 0.1) is 6.04 Å². The van der Waals surface area contributed by atoms with Gasteiger partial charge in [0.25, 0.3) is 0 Å². The minimum Gasteiger partial charge on any atom is -0.325 e. The normalized spacial score (nSPS) is 19.8. The topological polar surface area (TPSA) is 41.1 Å². The second-order valence-electron chi connectivity index (χ2n) is 4.10. The molecule has 0 saturated carbocycles. The van der Waals surface area contributed by atoms with Crippen LogP contribution in [0, 0.1) is 6.92 Å². The Morgan fingerprint density at radius 2 is 2.38 bits per heavy atom. The Hall–Kier alpha value is -1.06. The van der Waals surface area contributed by atoms with Crippen molar-refractivity contribution in [3.8, 4) is 0 Å².